The molecular weight excluding hydrogens is 246 g/mol. The van der Waals surface area contributed by atoms with Gasteiger partial charge >= 0.3 is 0 Å². The molecule has 1 heterocycles. The molecule has 1 aromatic heterocycles. The second-order valence-corrected chi connectivity index (χ2v) is 4.35. The summed E-state index contributed by atoms with van der Waals surface area (Å²) in [6.07, 6.45) is 1.86. The molecule has 0 fully saturated rings. The summed E-state index contributed by atoms with van der Waals surface area (Å²) in [6, 6.07) is 12.0. The molecule has 0 saturated carbocycles. The maximum atomic E-state index is 13.5. The van der Waals surface area contributed by atoms with Crippen molar-refractivity contribution in [2.45, 2.75) is 6.54 Å². The van der Waals surface area contributed by atoms with Crippen LogP contribution in [0.25, 0.3) is 10.9 Å². The standard InChI is InChI=1S/C15H12F2N2/c16-13-3-1-2-11(15(13)17)9-19-12-4-5-14-10(8-12)6-7-18-14/h1-8,18-19H,9H2. The first-order chi connectivity index (χ1) is 9.24. The summed E-state index contributed by atoms with van der Waals surface area (Å²) in [5, 5.41) is 4.16. The van der Waals surface area contributed by atoms with Crippen LogP contribution in [0.4, 0.5) is 14.5 Å². The lowest BCUT2D eigenvalue weighted by Gasteiger charge is -2.08. The average Bonchev–Trinajstić information content (AvgIpc) is 2.88. The van der Waals surface area contributed by atoms with E-state index in [1.165, 1.54) is 6.07 Å². The largest absolute Gasteiger partial charge is 0.381 e. The van der Waals surface area contributed by atoms with Gasteiger partial charge in [-0.15, -0.1) is 0 Å². The Morgan fingerprint density at radius 2 is 1.95 bits per heavy atom. The van der Waals surface area contributed by atoms with Crippen LogP contribution >= 0.6 is 0 Å². The number of rotatable bonds is 3. The van der Waals surface area contributed by atoms with E-state index in [-0.39, 0.29) is 6.54 Å². The van der Waals surface area contributed by atoms with Crippen molar-refractivity contribution in [3.05, 3.63) is 65.9 Å². The predicted octanol–water partition coefficient (Wildman–Crippen LogP) is 4.06. The quantitative estimate of drug-likeness (QED) is 0.728. The molecule has 19 heavy (non-hydrogen) atoms. The van der Waals surface area contributed by atoms with Crippen LogP contribution in [0.5, 0.6) is 0 Å². The Labute approximate surface area is 109 Å². The number of nitrogens with one attached hydrogen (secondary N) is 2. The molecule has 0 saturated heterocycles. The van der Waals surface area contributed by atoms with Gasteiger partial charge in [-0.25, -0.2) is 8.78 Å². The molecule has 96 valence electrons. The Balaban J connectivity index is 1.80. The molecule has 0 amide bonds. The second kappa shape index (κ2) is 4.72. The van der Waals surface area contributed by atoms with Gasteiger partial charge in [-0.1, -0.05) is 12.1 Å². The van der Waals surface area contributed by atoms with Crippen LogP contribution in [-0.4, -0.2) is 4.98 Å². The van der Waals surface area contributed by atoms with Crippen molar-refractivity contribution in [1.29, 1.82) is 0 Å². The van der Waals surface area contributed by atoms with Gasteiger partial charge in [0, 0.05) is 34.9 Å². The number of hydrogen-bond acceptors (Lipinski definition) is 1. The van der Waals surface area contributed by atoms with E-state index in [0.29, 0.717) is 5.56 Å². The first-order valence-electron chi connectivity index (χ1n) is 5.98. The average molecular weight is 258 g/mol. The van der Waals surface area contributed by atoms with Crippen molar-refractivity contribution in [2.75, 3.05) is 5.32 Å². The number of aromatic amines is 1. The Morgan fingerprint density at radius 3 is 2.84 bits per heavy atom. The minimum absolute atomic E-state index is 0.250. The summed E-state index contributed by atoms with van der Waals surface area (Å²) in [7, 11) is 0. The van der Waals surface area contributed by atoms with Gasteiger partial charge < -0.3 is 10.3 Å². The number of aromatic nitrogens is 1. The fourth-order valence-electron chi connectivity index (χ4n) is 2.05. The summed E-state index contributed by atoms with van der Waals surface area (Å²) < 4.78 is 26.6. The van der Waals surface area contributed by atoms with Gasteiger partial charge in [-0.3, -0.25) is 0 Å². The number of halogens is 2. The second-order valence-electron chi connectivity index (χ2n) is 4.35. The highest BCUT2D eigenvalue weighted by Crippen LogP contribution is 2.19. The van der Waals surface area contributed by atoms with Crippen molar-refractivity contribution >= 4 is 16.6 Å². The van der Waals surface area contributed by atoms with E-state index in [2.05, 4.69) is 10.3 Å². The van der Waals surface area contributed by atoms with Crippen molar-refractivity contribution in [3.63, 3.8) is 0 Å². The molecule has 0 aliphatic heterocycles. The third-order valence-corrected chi connectivity index (χ3v) is 3.07. The molecule has 2 N–H and O–H groups in total. The van der Waals surface area contributed by atoms with Crippen LogP contribution in [0.15, 0.2) is 48.7 Å². The Bertz CT molecular complexity index is 719. The highest BCUT2D eigenvalue weighted by atomic mass is 19.2. The third-order valence-electron chi connectivity index (χ3n) is 3.07. The van der Waals surface area contributed by atoms with Crippen molar-refractivity contribution < 1.29 is 8.78 Å². The molecule has 4 heteroatoms. The number of hydrogen-bond donors (Lipinski definition) is 2. The van der Waals surface area contributed by atoms with Gasteiger partial charge in [0.15, 0.2) is 11.6 Å². The lowest BCUT2D eigenvalue weighted by molar-refractivity contribution is 0.500. The van der Waals surface area contributed by atoms with Gasteiger partial charge in [0.1, 0.15) is 0 Å². The minimum atomic E-state index is -0.819. The summed E-state index contributed by atoms with van der Waals surface area (Å²) in [6.45, 7) is 0.250. The predicted molar refractivity (Wildman–Crippen MR) is 72.0 cm³/mol. The normalized spacial score (nSPS) is 10.8. The summed E-state index contributed by atoms with van der Waals surface area (Å²) in [4.78, 5) is 3.10. The molecule has 0 aliphatic carbocycles. The molecular formula is C15H12F2N2. The van der Waals surface area contributed by atoms with Gasteiger partial charge in [-0.05, 0) is 30.3 Å². The number of fused-ring (bicyclic) bond motifs is 1. The molecule has 2 nitrogen and oxygen atoms in total. The first-order valence-corrected chi connectivity index (χ1v) is 5.98. The zero-order valence-electron chi connectivity index (χ0n) is 10.1. The molecule has 0 spiro atoms. The van der Waals surface area contributed by atoms with Crippen LogP contribution in [0.1, 0.15) is 5.56 Å². The van der Waals surface area contributed by atoms with Crippen LogP contribution in [0, 0.1) is 11.6 Å². The zero-order valence-corrected chi connectivity index (χ0v) is 10.1. The lowest BCUT2D eigenvalue weighted by atomic mass is 10.2. The van der Waals surface area contributed by atoms with E-state index in [4.69, 9.17) is 0 Å². The van der Waals surface area contributed by atoms with Crippen LogP contribution in [0.2, 0.25) is 0 Å². The Hall–Kier alpha value is -2.36. The van der Waals surface area contributed by atoms with Crippen molar-refractivity contribution in [3.8, 4) is 0 Å². The van der Waals surface area contributed by atoms with E-state index in [9.17, 15) is 8.78 Å². The van der Waals surface area contributed by atoms with Gasteiger partial charge in [0.05, 0.1) is 0 Å². The summed E-state index contributed by atoms with van der Waals surface area (Å²) >= 11 is 0. The maximum absolute atomic E-state index is 13.5. The van der Waals surface area contributed by atoms with E-state index in [1.807, 2.05) is 30.5 Å². The van der Waals surface area contributed by atoms with E-state index >= 15 is 0 Å². The molecule has 0 aliphatic rings. The molecule has 3 rings (SSSR count). The van der Waals surface area contributed by atoms with Gasteiger partial charge in [0.25, 0.3) is 0 Å². The zero-order chi connectivity index (χ0) is 13.2. The van der Waals surface area contributed by atoms with Crippen LogP contribution in [-0.2, 0) is 6.54 Å². The topological polar surface area (TPSA) is 27.8 Å². The smallest absolute Gasteiger partial charge is 0.163 e. The van der Waals surface area contributed by atoms with Crippen LogP contribution in [0.3, 0.4) is 0 Å². The minimum Gasteiger partial charge on any atom is -0.381 e. The Morgan fingerprint density at radius 1 is 1.05 bits per heavy atom. The van der Waals surface area contributed by atoms with Crippen molar-refractivity contribution in [2.24, 2.45) is 0 Å². The molecule has 0 unspecified atom stereocenters. The maximum Gasteiger partial charge on any atom is 0.163 e. The fourth-order valence-corrected chi connectivity index (χ4v) is 2.05. The monoisotopic (exact) mass is 258 g/mol. The molecule has 2 aromatic carbocycles. The highest BCUT2D eigenvalue weighted by Gasteiger charge is 2.07. The highest BCUT2D eigenvalue weighted by molar-refractivity contribution is 5.82. The fraction of sp³-hybridized carbons (Fsp3) is 0.0667. The van der Waals surface area contributed by atoms with Crippen LogP contribution < -0.4 is 5.32 Å². The third kappa shape index (κ3) is 2.29. The lowest BCUT2D eigenvalue weighted by Crippen LogP contribution is -2.03. The molecule has 3 aromatic rings. The van der Waals surface area contributed by atoms with E-state index in [0.717, 1.165) is 22.7 Å². The Kier molecular flexibility index (Phi) is 2.91. The number of anilines is 1. The number of H-pyrrole nitrogens is 1. The molecule has 0 atom stereocenters. The summed E-state index contributed by atoms with van der Waals surface area (Å²) in [5.41, 5.74) is 2.23. The van der Waals surface area contributed by atoms with Gasteiger partial charge in [-0.2, -0.15) is 0 Å². The summed E-state index contributed by atoms with van der Waals surface area (Å²) in [5.74, 6) is -1.61. The SMILES string of the molecule is Fc1cccc(CNc2ccc3[nH]ccc3c2)c1F. The number of benzene rings is 2. The van der Waals surface area contributed by atoms with Crippen molar-refractivity contribution in [1.82, 2.24) is 4.98 Å². The first kappa shape index (κ1) is 11.7. The van der Waals surface area contributed by atoms with Gasteiger partial charge in [0.2, 0.25) is 0 Å². The molecule has 0 bridgehead atoms. The molecule has 0 radical (unpaired) electrons. The van der Waals surface area contributed by atoms with E-state index < -0.39 is 11.6 Å². The van der Waals surface area contributed by atoms with E-state index in [1.54, 1.807) is 6.07 Å².